The highest BCUT2D eigenvalue weighted by molar-refractivity contribution is 5.80. The first-order valence-electron chi connectivity index (χ1n) is 9.81. The van der Waals surface area contributed by atoms with Crippen molar-refractivity contribution in [2.45, 2.75) is 24.9 Å². The molecule has 4 rings (SSSR count). The predicted molar refractivity (Wildman–Crippen MR) is 108 cm³/mol. The fourth-order valence-electron chi connectivity index (χ4n) is 4.57. The summed E-state index contributed by atoms with van der Waals surface area (Å²) in [6.07, 6.45) is 2.39. The molecule has 0 atom stereocenters. The van der Waals surface area contributed by atoms with Gasteiger partial charge in [-0.2, -0.15) is 0 Å². The fraction of sp³-hybridized carbons (Fsp3) is 0.571. The zero-order valence-corrected chi connectivity index (χ0v) is 16.6. The molecule has 1 aromatic heterocycles. The van der Waals surface area contributed by atoms with Gasteiger partial charge in [0, 0.05) is 48.2 Å². The average Bonchev–Trinajstić information content (AvgIpc) is 2.67. The largest absolute Gasteiger partial charge is 0.497 e. The number of methoxy groups -OCH3 is 1. The van der Waals surface area contributed by atoms with Crippen LogP contribution in [0.2, 0.25) is 0 Å². The number of hydrogen-bond donors (Lipinski definition) is 1. The molecule has 0 amide bonds. The number of pyridine rings is 1. The predicted octanol–water partition coefficient (Wildman–Crippen LogP) is 1.75. The first-order valence-corrected chi connectivity index (χ1v) is 9.81. The number of hydrogen-bond acceptors (Lipinski definition) is 5. The second-order valence-electron chi connectivity index (χ2n) is 8.24. The number of likely N-dealkylation sites (tertiary alicyclic amines) is 1. The minimum Gasteiger partial charge on any atom is -0.497 e. The number of piperazine rings is 1. The van der Waals surface area contributed by atoms with Crippen LogP contribution in [-0.2, 0) is 6.54 Å². The Bertz CT molecular complexity index is 870. The van der Waals surface area contributed by atoms with Crippen LogP contribution in [0, 0.1) is 0 Å². The topological polar surface area (TPSA) is 51.8 Å². The van der Waals surface area contributed by atoms with Crippen LogP contribution in [0.25, 0.3) is 10.9 Å². The summed E-state index contributed by atoms with van der Waals surface area (Å²) in [5.41, 5.74) is 1.96. The third kappa shape index (κ3) is 3.61. The third-order valence-corrected chi connectivity index (χ3v) is 6.52. The Morgan fingerprint density at radius 2 is 1.89 bits per heavy atom. The monoisotopic (exact) mass is 370 g/mol. The van der Waals surface area contributed by atoms with E-state index in [4.69, 9.17) is 4.74 Å². The van der Waals surface area contributed by atoms with E-state index < -0.39 is 0 Å². The molecule has 0 aliphatic carbocycles. The van der Waals surface area contributed by atoms with Crippen LogP contribution in [-0.4, -0.2) is 79.2 Å². The molecular formula is C21H30N4O2. The van der Waals surface area contributed by atoms with Gasteiger partial charge in [-0.15, -0.1) is 0 Å². The van der Waals surface area contributed by atoms with Crippen molar-refractivity contribution in [2.75, 3.05) is 53.9 Å². The summed E-state index contributed by atoms with van der Waals surface area (Å²) in [6, 6.07) is 7.79. The van der Waals surface area contributed by atoms with E-state index >= 15 is 0 Å². The summed E-state index contributed by atoms with van der Waals surface area (Å²) in [7, 11) is 6.13. The number of H-pyrrole nitrogens is 1. The lowest BCUT2D eigenvalue weighted by atomic mass is 9.84. The van der Waals surface area contributed by atoms with Crippen LogP contribution in [0.3, 0.4) is 0 Å². The van der Waals surface area contributed by atoms with Gasteiger partial charge in [-0.25, -0.2) is 0 Å². The van der Waals surface area contributed by atoms with Gasteiger partial charge in [-0.1, -0.05) is 0 Å². The second-order valence-corrected chi connectivity index (χ2v) is 8.24. The molecule has 2 aliphatic heterocycles. The molecule has 0 saturated carbocycles. The van der Waals surface area contributed by atoms with E-state index in [9.17, 15) is 4.79 Å². The molecule has 0 radical (unpaired) electrons. The van der Waals surface area contributed by atoms with Gasteiger partial charge in [-0.05, 0) is 64.3 Å². The normalized spacial score (nSPS) is 21.7. The molecule has 2 saturated heterocycles. The number of rotatable bonds is 3. The zero-order valence-electron chi connectivity index (χ0n) is 16.6. The van der Waals surface area contributed by atoms with Crippen molar-refractivity contribution in [3.8, 4) is 5.75 Å². The Labute approximate surface area is 160 Å². The number of ether oxygens (including phenoxy) is 1. The molecule has 1 aromatic carbocycles. The molecule has 2 fully saturated rings. The highest BCUT2D eigenvalue weighted by Crippen LogP contribution is 2.31. The maximum absolute atomic E-state index is 12.6. The molecule has 2 aromatic rings. The molecule has 1 N–H and O–H groups in total. The van der Waals surface area contributed by atoms with Crippen molar-refractivity contribution >= 4 is 10.9 Å². The Balaban J connectivity index is 1.56. The first-order chi connectivity index (χ1) is 13.0. The number of nitrogens with zero attached hydrogens (tertiary/aromatic N) is 3. The van der Waals surface area contributed by atoms with Gasteiger partial charge in [0.15, 0.2) is 0 Å². The summed E-state index contributed by atoms with van der Waals surface area (Å²) in [6.45, 7) is 6.09. The number of nitrogens with one attached hydrogen (secondary N) is 1. The number of aromatic amines is 1. The van der Waals surface area contributed by atoms with Crippen molar-refractivity contribution in [1.29, 1.82) is 0 Å². The summed E-state index contributed by atoms with van der Waals surface area (Å²) in [5, 5.41) is 1.02. The molecule has 6 heteroatoms. The van der Waals surface area contributed by atoms with Crippen molar-refractivity contribution in [3.05, 3.63) is 40.2 Å². The minimum absolute atomic E-state index is 0.0176. The quantitative estimate of drug-likeness (QED) is 0.892. The van der Waals surface area contributed by atoms with Crippen LogP contribution < -0.4 is 10.3 Å². The van der Waals surface area contributed by atoms with Gasteiger partial charge < -0.3 is 14.6 Å². The van der Waals surface area contributed by atoms with Crippen LogP contribution >= 0.6 is 0 Å². The van der Waals surface area contributed by atoms with E-state index in [0.717, 1.165) is 54.9 Å². The van der Waals surface area contributed by atoms with E-state index in [2.05, 4.69) is 33.8 Å². The Morgan fingerprint density at radius 3 is 2.63 bits per heavy atom. The Morgan fingerprint density at radius 1 is 1.11 bits per heavy atom. The number of fused-ring (bicyclic) bond motifs is 1. The van der Waals surface area contributed by atoms with E-state index in [1.165, 1.54) is 12.8 Å². The van der Waals surface area contributed by atoms with Crippen molar-refractivity contribution in [1.82, 2.24) is 19.7 Å². The van der Waals surface area contributed by atoms with Gasteiger partial charge in [0.25, 0.3) is 5.56 Å². The Kier molecular flexibility index (Phi) is 4.97. The molecule has 27 heavy (non-hydrogen) atoms. The molecule has 0 bridgehead atoms. The highest BCUT2D eigenvalue weighted by atomic mass is 16.5. The van der Waals surface area contributed by atoms with E-state index in [0.29, 0.717) is 6.54 Å². The average molecular weight is 370 g/mol. The van der Waals surface area contributed by atoms with Gasteiger partial charge in [-0.3, -0.25) is 14.6 Å². The van der Waals surface area contributed by atoms with Crippen LogP contribution in [0.5, 0.6) is 5.75 Å². The number of piperidine rings is 1. The highest BCUT2D eigenvalue weighted by Gasteiger charge is 2.41. The summed E-state index contributed by atoms with van der Waals surface area (Å²) >= 11 is 0. The third-order valence-electron chi connectivity index (χ3n) is 6.52. The molecule has 6 nitrogen and oxygen atoms in total. The van der Waals surface area contributed by atoms with Crippen LogP contribution in [0.15, 0.2) is 29.1 Å². The lowest BCUT2D eigenvalue weighted by Gasteiger charge is -2.52. The smallest absolute Gasteiger partial charge is 0.252 e. The maximum atomic E-state index is 12.6. The standard InChI is InChI=1S/C21H30N4O2/c1-23-8-6-21(7-9-23)15-25(11-10-24(21)2)14-17-12-16-13-18(27-3)4-5-19(16)22-20(17)26/h4-5,12-13H,6-11,14-15H2,1-3H3,(H,22,26). The van der Waals surface area contributed by atoms with Crippen molar-refractivity contribution in [3.63, 3.8) is 0 Å². The Hall–Kier alpha value is -1.89. The summed E-state index contributed by atoms with van der Waals surface area (Å²) in [5.74, 6) is 0.811. The molecule has 2 aliphatic rings. The van der Waals surface area contributed by atoms with E-state index in [-0.39, 0.29) is 11.1 Å². The SMILES string of the molecule is COc1ccc2[nH]c(=O)c(CN3CCN(C)C4(CCN(C)CC4)C3)cc2c1. The summed E-state index contributed by atoms with van der Waals surface area (Å²) in [4.78, 5) is 23.1. The number of aromatic nitrogens is 1. The number of benzene rings is 1. The number of likely N-dealkylation sites (N-methyl/N-ethyl adjacent to an activating group) is 1. The van der Waals surface area contributed by atoms with Gasteiger partial charge in [0.1, 0.15) is 5.75 Å². The molecule has 0 unspecified atom stereocenters. The summed E-state index contributed by atoms with van der Waals surface area (Å²) < 4.78 is 5.33. The lowest BCUT2D eigenvalue weighted by Crippen LogP contribution is -2.64. The zero-order chi connectivity index (χ0) is 19.0. The van der Waals surface area contributed by atoms with Gasteiger partial charge >= 0.3 is 0 Å². The molecule has 146 valence electrons. The molecule has 3 heterocycles. The first kappa shape index (κ1) is 18.5. The van der Waals surface area contributed by atoms with Crippen LogP contribution in [0.1, 0.15) is 18.4 Å². The van der Waals surface area contributed by atoms with Crippen molar-refractivity contribution in [2.24, 2.45) is 0 Å². The van der Waals surface area contributed by atoms with Crippen molar-refractivity contribution < 1.29 is 4.74 Å². The van der Waals surface area contributed by atoms with E-state index in [1.807, 2.05) is 24.3 Å². The van der Waals surface area contributed by atoms with Gasteiger partial charge in [0.05, 0.1) is 7.11 Å². The lowest BCUT2D eigenvalue weighted by molar-refractivity contribution is -0.0258. The van der Waals surface area contributed by atoms with Crippen LogP contribution in [0.4, 0.5) is 0 Å². The molecule has 1 spiro atoms. The maximum Gasteiger partial charge on any atom is 0.252 e. The van der Waals surface area contributed by atoms with E-state index in [1.54, 1.807) is 7.11 Å². The second kappa shape index (κ2) is 7.26. The minimum atomic E-state index is 0.0176. The molecular weight excluding hydrogens is 340 g/mol. The van der Waals surface area contributed by atoms with Gasteiger partial charge in [0.2, 0.25) is 0 Å². The fourth-order valence-corrected chi connectivity index (χ4v) is 4.57.